The molecule has 0 aliphatic carbocycles. The summed E-state index contributed by atoms with van der Waals surface area (Å²) in [5.74, 6) is 0.0293. The Morgan fingerprint density at radius 2 is 2.09 bits per heavy atom. The molecule has 0 saturated carbocycles. The first-order valence-electron chi connectivity index (χ1n) is 11.3. The smallest absolute Gasteiger partial charge is 0.231 e. The van der Waals surface area contributed by atoms with E-state index in [-0.39, 0.29) is 11.9 Å². The summed E-state index contributed by atoms with van der Waals surface area (Å²) in [6, 6.07) is 0.259. The second-order valence-corrected chi connectivity index (χ2v) is 10.3. The molecule has 9 nitrogen and oxygen atoms in total. The van der Waals surface area contributed by atoms with Crippen LogP contribution in [0.4, 0.5) is 5.13 Å². The summed E-state index contributed by atoms with van der Waals surface area (Å²) in [6.07, 6.45) is 3.66. The van der Waals surface area contributed by atoms with Crippen LogP contribution < -0.4 is 10.6 Å². The number of hydrogen-bond donors (Lipinski definition) is 2. The topological polar surface area (TPSA) is 108 Å². The Morgan fingerprint density at radius 1 is 1.30 bits per heavy atom. The number of carbonyl (C=O) groups excluding carboxylic acids is 1. The molecule has 1 saturated heterocycles. The number of piperazine rings is 1. The molecule has 4 aromatic rings. The van der Waals surface area contributed by atoms with Crippen LogP contribution in [0.15, 0.2) is 12.5 Å². The van der Waals surface area contributed by atoms with E-state index >= 15 is 0 Å². The zero-order valence-corrected chi connectivity index (χ0v) is 20.5. The summed E-state index contributed by atoms with van der Waals surface area (Å²) in [5, 5.41) is 5.39. The highest BCUT2D eigenvalue weighted by atomic mass is 32.1. The number of carbonyl (C=O) groups is 1. The van der Waals surface area contributed by atoms with Crippen molar-refractivity contribution in [2.75, 3.05) is 31.1 Å². The molecule has 1 amide bonds. The fourth-order valence-corrected chi connectivity index (χ4v) is 6.02. The second kappa shape index (κ2) is 8.11. The molecular formula is C23H30N8OS. The van der Waals surface area contributed by atoms with E-state index in [1.165, 1.54) is 11.1 Å². The van der Waals surface area contributed by atoms with Gasteiger partial charge in [0, 0.05) is 43.0 Å². The first-order chi connectivity index (χ1) is 15.7. The van der Waals surface area contributed by atoms with Crippen molar-refractivity contribution in [1.29, 1.82) is 0 Å². The van der Waals surface area contributed by atoms with Crippen molar-refractivity contribution < 1.29 is 4.79 Å². The van der Waals surface area contributed by atoms with Gasteiger partial charge in [-0.25, -0.2) is 14.5 Å². The first-order valence-corrected chi connectivity index (χ1v) is 12.2. The average Bonchev–Trinajstić information content (AvgIpc) is 3.44. The normalized spacial score (nSPS) is 17.6. The maximum atomic E-state index is 11.3. The molecule has 1 aliphatic rings. The molecule has 0 bridgehead atoms. The first kappa shape index (κ1) is 21.8. The Hall–Kier alpha value is -2.98. The van der Waals surface area contributed by atoms with Gasteiger partial charge in [-0.05, 0) is 37.8 Å². The lowest BCUT2D eigenvalue weighted by Gasteiger charge is -2.39. The van der Waals surface area contributed by atoms with Crippen LogP contribution >= 0.6 is 11.3 Å². The maximum absolute atomic E-state index is 11.3. The molecule has 1 fully saturated rings. The van der Waals surface area contributed by atoms with Gasteiger partial charge in [-0.1, -0.05) is 25.2 Å². The molecule has 5 heterocycles. The van der Waals surface area contributed by atoms with E-state index in [1.54, 1.807) is 17.7 Å². The Balaban J connectivity index is 1.54. The molecule has 0 radical (unpaired) electrons. The number of nitrogens with one attached hydrogen (secondary N) is 1. The third-order valence-corrected chi connectivity index (χ3v) is 7.70. The highest BCUT2D eigenvalue weighted by molar-refractivity contribution is 7.21. The van der Waals surface area contributed by atoms with E-state index in [1.807, 2.05) is 4.52 Å². The highest BCUT2D eigenvalue weighted by Gasteiger charge is 2.29. The number of pyridine rings is 1. The van der Waals surface area contributed by atoms with Crippen LogP contribution in [0.3, 0.4) is 0 Å². The molecule has 0 spiro atoms. The van der Waals surface area contributed by atoms with Crippen molar-refractivity contribution in [3.8, 4) is 11.3 Å². The van der Waals surface area contributed by atoms with Crippen LogP contribution in [0.1, 0.15) is 43.4 Å². The Bertz CT molecular complexity index is 1350. The number of fused-ring (bicyclic) bond motifs is 2. The van der Waals surface area contributed by atoms with Gasteiger partial charge in [0.1, 0.15) is 16.7 Å². The second-order valence-electron chi connectivity index (χ2n) is 9.31. The minimum atomic E-state index is -0.276. The van der Waals surface area contributed by atoms with Gasteiger partial charge < -0.3 is 15.6 Å². The van der Waals surface area contributed by atoms with Gasteiger partial charge in [0.25, 0.3) is 0 Å². The van der Waals surface area contributed by atoms with Crippen LogP contribution in [0.25, 0.3) is 27.3 Å². The monoisotopic (exact) mass is 466 g/mol. The Kier molecular flexibility index (Phi) is 5.37. The molecular weight excluding hydrogens is 436 g/mol. The molecule has 33 heavy (non-hydrogen) atoms. The van der Waals surface area contributed by atoms with Crippen molar-refractivity contribution in [3.05, 3.63) is 29.2 Å². The van der Waals surface area contributed by atoms with Gasteiger partial charge >= 0.3 is 0 Å². The fraction of sp³-hybridized carbons (Fsp3) is 0.478. The number of nitrogens with zero attached hydrogens (tertiary/aromatic N) is 6. The number of primary amides is 1. The van der Waals surface area contributed by atoms with Crippen molar-refractivity contribution in [3.63, 3.8) is 0 Å². The van der Waals surface area contributed by atoms with E-state index in [9.17, 15) is 4.79 Å². The summed E-state index contributed by atoms with van der Waals surface area (Å²) in [7, 11) is 0. The van der Waals surface area contributed by atoms with E-state index < -0.39 is 0 Å². The lowest BCUT2D eigenvalue weighted by Crippen LogP contribution is -2.53. The lowest BCUT2D eigenvalue weighted by molar-refractivity contribution is -0.119. The Labute approximate surface area is 196 Å². The average molecular weight is 467 g/mol. The molecule has 4 aromatic heterocycles. The van der Waals surface area contributed by atoms with E-state index in [0.29, 0.717) is 12.5 Å². The number of amides is 1. The fourth-order valence-electron chi connectivity index (χ4n) is 4.91. The van der Waals surface area contributed by atoms with Gasteiger partial charge in [-0.3, -0.25) is 9.69 Å². The van der Waals surface area contributed by atoms with Crippen LogP contribution in [0.2, 0.25) is 0 Å². The van der Waals surface area contributed by atoms with Crippen LogP contribution in [-0.2, 0) is 4.79 Å². The summed E-state index contributed by atoms with van der Waals surface area (Å²) in [6.45, 7) is 13.6. The maximum Gasteiger partial charge on any atom is 0.231 e. The number of thiazole rings is 1. The van der Waals surface area contributed by atoms with Crippen LogP contribution in [-0.4, -0.2) is 67.6 Å². The number of rotatable bonds is 5. The molecule has 1 unspecified atom stereocenters. The van der Waals surface area contributed by atoms with Crippen molar-refractivity contribution in [1.82, 2.24) is 29.5 Å². The number of aromatic amines is 1. The quantitative estimate of drug-likeness (QED) is 0.468. The largest absolute Gasteiger partial charge is 0.369 e. The van der Waals surface area contributed by atoms with Crippen LogP contribution in [0, 0.1) is 13.8 Å². The predicted molar refractivity (Wildman–Crippen MR) is 132 cm³/mol. The van der Waals surface area contributed by atoms with Crippen molar-refractivity contribution in [2.45, 2.75) is 46.6 Å². The number of hydrogen-bond acceptors (Lipinski definition) is 7. The third-order valence-electron chi connectivity index (χ3n) is 6.69. The number of anilines is 1. The Morgan fingerprint density at radius 3 is 2.79 bits per heavy atom. The molecule has 1 atom stereocenters. The van der Waals surface area contributed by atoms with E-state index in [4.69, 9.17) is 10.7 Å². The van der Waals surface area contributed by atoms with E-state index in [0.717, 1.165) is 57.6 Å². The molecule has 5 rings (SSSR count). The zero-order chi connectivity index (χ0) is 23.4. The van der Waals surface area contributed by atoms with Crippen molar-refractivity contribution in [2.24, 2.45) is 5.73 Å². The molecule has 0 aromatic carbocycles. The highest BCUT2D eigenvalue weighted by Crippen LogP contribution is 2.41. The van der Waals surface area contributed by atoms with Gasteiger partial charge in [-0.15, -0.1) is 0 Å². The minimum Gasteiger partial charge on any atom is -0.369 e. The molecule has 3 N–H and O–H groups in total. The number of aromatic nitrogens is 5. The van der Waals surface area contributed by atoms with Gasteiger partial charge in [0.2, 0.25) is 5.91 Å². The standard InChI is InChI=1S/C23H30N8OS/c1-12(2)18-19(16-9-31-21(25-11-26-31)15(5)14(16)4)27-22-20(18)28-23(33-22)30-7-6-29(8-13(30)3)10-17(24)32/h9,11-13,27H,6-8,10H2,1-5H3,(H2,24,32). The third kappa shape index (κ3) is 3.67. The summed E-state index contributed by atoms with van der Waals surface area (Å²) >= 11 is 1.70. The lowest BCUT2D eigenvalue weighted by atomic mass is 9.96. The van der Waals surface area contributed by atoms with Gasteiger partial charge in [0.15, 0.2) is 10.8 Å². The summed E-state index contributed by atoms with van der Waals surface area (Å²) < 4.78 is 1.85. The molecule has 174 valence electrons. The predicted octanol–water partition coefficient (Wildman–Crippen LogP) is 3.07. The summed E-state index contributed by atoms with van der Waals surface area (Å²) in [5.41, 5.74) is 13.1. The number of nitrogens with two attached hydrogens (primary N) is 1. The minimum absolute atomic E-state index is 0.259. The van der Waals surface area contributed by atoms with Crippen LogP contribution in [0.5, 0.6) is 0 Å². The summed E-state index contributed by atoms with van der Waals surface area (Å²) in [4.78, 5) is 30.1. The molecule has 10 heteroatoms. The van der Waals surface area contributed by atoms with Crippen molar-refractivity contribution >= 4 is 38.4 Å². The molecule has 1 aliphatic heterocycles. The number of aryl methyl sites for hydroxylation is 1. The van der Waals surface area contributed by atoms with E-state index in [2.05, 4.69) is 65.7 Å². The number of H-pyrrole nitrogens is 1. The van der Waals surface area contributed by atoms with Gasteiger partial charge in [0.05, 0.1) is 12.2 Å². The van der Waals surface area contributed by atoms with Gasteiger partial charge in [-0.2, -0.15) is 5.10 Å². The zero-order valence-electron chi connectivity index (χ0n) is 19.7. The SMILES string of the molecule is Cc1c(-c2[nH]c3sc(N4CCN(CC(N)=O)CC4C)nc3c2C(C)C)cn2ncnc2c1C.